The molecular weight excluding hydrogens is 498 g/mol. The molecule has 0 aliphatic carbocycles. The van der Waals surface area contributed by atoms with Crippen LogP contribution in [0.2, 0.25) is 0 Å². The van der Waals surface area contributed by atoms with Crippen LogP contribution in [0.15, 0.2) is 77.7 Å². The third-order valence-electron chi connectivity index (χ3n) is 5.86. The molecule has 3 amide bonds. The van der Waals surface area contributed by atoms with Gasteiger partial charge in [-0.05, 0) is 48.0 Å². The first kappa shape index (κ1) is 23.8. The summed E-state index contributed by atoms with van der Waals surface area (Å²) < 4.78 is 24.6. The molecule has 0 spiro atoms. The maximum atomic E-state index is 13.7. The van der Waals surface area contributed by atoms with Crippen molar-refractivity contribution in [3.63, 3.8) is 0 Å². The molecule has 0 saturated carbocycles. The first-order valence-electron chi connectivity index (χ1n) is 11.1. The van der Waals surface area contributed by atoms with Gasteiger partial charge in [0, 0.05) is 24.7 Å². The molecule has 1 saturated heterocycles. The van der Waals surface area contributed by atoms with Crippen LogP contribution in [-0.2, 0) is 26.0 Å². The lowest BCUT2D eigenvalue weighted by molar-refractivity contribution is -0.121. The number of anilines is 2. The standard InChI is InChI=1S/C26H21N3O5S2/c1-36(33,34)20-11-12-21-22(15-20)35-26(27-21)28(16-17-5-3-2-4-6-17)25(32)18-7-9-19(10-8-18)29-23(30)13-14-24(29)31/h2-12,15H,13-14,16H2,1H3. The third kappa shape index (κ3) is 4.65. The van der Waals surface area contributed by atoms with E-state index in [0.717, 1.165) is 16.7 Å². The van der Waals surface area contributed by atoms with E-state index in [2.05, 4.69) is 4.98 Å². The number of imide groups is 1. The van der Waals surface area contributed by atoms with Gasteiger partial charge in [0.25, 0.3) is 5.91 Å². The average molecular weight is 520 g/mol. The number of aromatic nitrogens is 1. The van der Waals surface area contributed by atoms with Gasteiger partial charge in [-0.2, -0.15) is 0 Å². The molecule has 1 fully saturated rings. The van der Waals surface area contributed by atoms with Crippen LogP contribution in [0.3, 0.4) is 0 Å². The highest BCUT2D eigenvalue weighted by molar-refractivity contribution is 7.90. The Morgan fingerprint density at radius 1 is 0.972 bits per heavy atom. The highest BCUT2D eigenvalue weighted by Crippen LogP contribution is 2.33. The summed E-state index contributed by atoms with van der Waals surface area (Å²) in [6.07, 6.45) is 1.51. The minimum atomic E-state index is -3.39. The van der Waals surface area contributed by atoms with Crippen LogP contribution < -0.4 is 9.80 Å². The summed E-state index contributed by atoms with van der Waals surface area (Å²) in [6.45, 7) is 0.253. The van der Waals surface area contributed by atoms with Crippen molar-refractivity contribution in [2.75, 3.05) is 16.1 Å². The van der Waals surface area contributed by atoms with E-state index < -0.39 is 9.84 Å². The highest BCUT2D eigenvalue weighted by Gasteiger charge is 2.30. The van der Waals surface area contributed by atoms with Crippen molar-refractivity contribution in [1.29, 1.82) is 0 Å². The van der Waals surface area contributed by atoms with Gasteiger partial charge in [0.15, 0.2) is 15.0 Å². The summed E-state index contributed by atoms with van der Waals surface area (Å²) in [4.78, 5) is 45.3. The zero-order valence-electron chi connectivity index (χ0n) is 19.2. The third-order valence-corrected chi connectivity index (χ3v) is 8.01. The fraction of sp³-hybridized carbons (Fsp3) is 0.154. The summed E-state index contributed by atoms with van der Waals surface area (Å²) >= 11 is 1.23. The summed E-state index contributed by atoms with van der Waals surface area (Å²) in [5.74, 6) is -0.827. The van der Waals surface area contributed by atoms with Crippen molar-refractivity contribution in [3.8, 4) is 0 Å². The molecule has 1 aliphatic rings. The predicted octanol–water partition coefficient (Wildman–Crippen LogP) is 4.20. The van der Waals surface area contributed by atoms with Crippen LogP contribution in [-0.4, -0.2) is 37.4 Å². The molecule has 0 bridgehead atoms. The Morgan fingerprint density at radius 2 is 1.64 bits per heavy atom. The Balaban J connectivity index is 1.51. The molecular formula is C26H21N3O5S2. The maximum Gasteiger partial charge on any atom is 0.260 e. The summed E-state index contributed by atoms with van der Waals surface area (Å²) in [5, 5.41) is 0.429. The Kier molecular flexibility index (Phi) is 6.15. The molecule has 0 unspecified atom stereocenters. The summed E-state index contributed by atoms with van der Waals surface area (Å²) in [6, 6.07) is 20.5. The van der Waals surface area contributed by atoms with Crippen molar-refractivity contribution in [2.24, 2.45) is 0 Å². The highest BCUT2D eigenvalue weighted by atomic mass is 32.2. The van der Waals surface area contributed by atoms with Crippen LogP contribution in [0.4, 0.5) is 10.8 Å². The lowest BCUT2D eigenvalue weighted by Gasteiger charge is -2.21. The first-order chi connectivity index (χ1) is 17.2. The molecule has 10 heteroatoms. The van der Waals surface area contributed by atoms with Crippen molar-refractivity contribution < 1.29 is 22.8 Å². The Hall–Kier alpha value is -3.89. The number of nitrogens with zero attached hydrogens (tertiary/aromatic N) is 3. The van der Waals surface area contributed by atoms with E-state index in [1.807, 2.05) is 30.3 Å². The zero-order chi connectivity index (χ0) is 25.4. The lowest BCUT2D eigenvalue weighted by Crippen LogP contribution is -2.31. The van der Waals surface area contributed by atoms with Crippen LogP contribution >= 0.6 is 11.3 Å². The van der Waals surface area contributed by atoms with Gasteiger partial charge in [-0.1, -0.05) is 41.7 Å². The quantitative estimate of drug-likeness (QED) is 0.354. The fourth-order valence-corrected chi connectivity index (χ4v) is 5.73. The van der Waals surface area contributed by atoms with E-state index in [-0.39, 0.29) is 42.0 Å². The van der Waals surface area contributed by atoms with E-state index in [4.69, 9.17) is 0 Å². The number of fused-ring (bicyclic) bond motifs is 1. The van der Waals surface area contributed by atoms with Gasteiger partial charge in [-0.25, -0.2) is 13.4 Å². The normalized spacial score (nSPS) is 14.0. The molecule has 5 rings (SSSR count). The fourth-order valence-electron chi connectivity index (χ4n) is 4.00. The SMILES string of the molecule is CS(=O)(=O)c1ccc2nc(N(Cc3ccccc3)C(=O)c3ccc(N4C(=O)CCC4=O)cc3)sc2c1. The number of sulfone groups is 1. The van der Waals surface area contributed by atoms with Crippen LogP contribution in [0.1, 0.15) is 28.8 Å². The van der Waals surface area contributed by atoms with Gasteiger partial charge >= 0.3 is 0 Å². The average Bonchev–Trinajstić information content (AvgIpc) is 3.44. The van der Waals surface area contributed by atoms with E-state index in [1.54, 1.807) is 41.3 Å². The minimum absolute atomic E-state index is 0.184. The smallest absolute Gasteiger partial charge is 0.260 e. The van der Waals surface area contributed by atoms with E-state index >= 15 is 0 Å². The first-order valence-corrected chi connectivity index (χ1v) is 13.8. The molecule has 0 N–H and O–H groups in total. The van der Waals surface area contributed by atoms with E-state index in [0.29, 0.717) is 26.6 Å². The van der Waals surface area contributed by atoms with Crippen molar-refractivity contribution in [2.45, 2.75) is 24.3 Å². The predicted molar refractivity (Wildman–Crippen MR) is 138 cm³/mol. The van der Waals surface area contributed by atoms with E-state index in [1.165, 1.54) is 17.4 Å². The molecule has 2 heterocycles. The number of rotatable bonds is 6. The van der Waals surface area contributed by atoms with Gasteiger partial charge in [0.2, 0.25) is 11.8 Å². The number of benzene rings is 3. The summed E-state index contributed by atoms with van der Waals surface area (Å²) in [7, 11) is -3.39. The van der Waals surface area contributed by atoms with Crippen LogP contribution in [0.5, 0.6) is 0 Å². The molecule has 182 valence electrons. The monoisotopic (exact) mass is 519 g/mol. The Bertz CT molecular complexity index is 1580. The molecule has 0 radical (unpaired) electrons. The topological polar surface area (TPSA) is 105 Å². The van der Waals surface area contributed by atoms with E-state index in [9.17, 15) is 22.8 Å². The second-order valence-corrected chi connectivity index (χ2v) is 11.5. The molecule has 1 aromatic heterocycles. The molecule has 0 atom stereocenters. The molecule has 4 aromatic rings. The number of hydrogen-bond acceptors (Lipinski definition) is 7. The van der Waals surface area contributed by atoms with Gasteiger partial charge < -0.3 is 0 Å². The molecule has 8 nitrogen and oxygen atoms in total. The second kappa shape index (κ2) is 9.29. The Morgan fingerprint density at radius 3 is 2.28 bits per heavy atom. The second-order valence-electron chi connectivity index (χ2n) is 8.44. The number of carbonyl (C=O) groups is 3. The summed E-state index contributed by atoms with van der Waals surface area (Å²) in [5.41, 5.74) is 2.29. The van der Waals surface area contributed by atoms with Crippen molar-refractivity contribution in [1.82, 2.24) is 4.98 Å². The molecule has 3 aromatic carbocycles. The van der Waals surface area contributed by atoms with Crippen molar-refractivity contribution in [3.05, 3.63) is 83.9 Å². The minimum Gasteiger partial charge on any atom is -0.279 e. The Labute approximate surface area is 211 Å². The maximum absolute atomic E-state index is 13.7. The van der Waals surface area contributed by atoms with Crippen molar-refractivity contribution >= 4 is 59.9 Å². The number of thiazole rings is 1. The van der Waals surface area contributed by atoms with Gasteiger partial charge in [0.05, 0.1) is 27.3 Å². The molecule has 36 heavy (non-hydrogen) atoms. The van der Waals surface area contributed by atoms with Gasteiger partial charge in [0.1, 0.15) is 0 Å². The van der Waals surface area contributed by atoms with Gasteiger partial charge in [-0.15, -0.1) is 0 Å². The number of hydrogen-bond donors (Lipinski definition) is 0. The molecule has 1 aliphatic heterocycles. The lowest BCUT2D eigenvalue weighted by atomic mass is 10.1. The van der Waals surface area contributed by atoms with Crippen LogP contribution in [0, 0.1) is 0 Å². The zero-order valence-corrected chi connectivity index (χ0v) is 20.9. The van der Waals surface area contributed by atoms with Gasteiger partial charge in [-0.3, -0.25) is 24.2 Å². The number of carbonyl (C=O) groups excluding carboxylic acids is 3. The van der Waals surface area contributed by atoms with Crippen LogP contribution in [0.25, 0.3) is 10.2 Å². The largest absolute Gasteiger partial charge is 0.279 e. The number of amides is 3.